The van der Waals surface area contributed by atoms with E-state index in [2.05, 4.69) is 64.0 Å². The molecule has 0 radical (unpaired) electrons. The standard InChI is InChI=1S/C15H20N2/c1-11-6-7-12(2)13(10-11)17-9-8-14(16-17)15(3,4)5/h6-10H,1-5H3. The summed E-state index contributed by atoms with van der Waals surface area (Å²) in [7, 11) is 0. The molecule has 0 unspecified atom stereocenters. The highest BCUT2D eigenvalue weighted by Gasteiger charge is 2.17. The van der Waals surface area contributed by atoms with Crippen LogP contribution in [0, 0.1) is 13.8 Å². The number of hydrogen-bond donors (Lipinski definition) is 0. The van der Waals surface area contributed by atoms with Gasteiger partial charge in [-0.3, -0.25) is 0 Å². The van der Waals surface area contributed by atoms with Crippen molar-refractivity contribution in [3.63, 3.8) is 0 Å². The summed E-state index contributed by atoms with van der Waals surface area (Å²) in [5.41, 5.74) is 4.90. The molecule has 1 aromatic carbocycles. The van der Waals surface area contributed by atoms with E-state index in [1.165, 1.54) is 16.8 Å². The van der Waals surface area contributed by atoms with Crippen molar-refractivity contribution in [1.29, 1.82) is 0 Å². The molecule has 0 bridgehead atoms. The second-order valence-corrected chi connectivity index (χ2v) is 5.69. The lowest BCUT2D eigenvalue weighted by Crippen LogP contribution is -2.12. The van der Waals surface area contributed by atoms with Gasteiger partial charge >= 0.3 is 0 Å². The maximum absolute atomic E-state index is 4.67. The molecule has 0 aliphatic heterocycles. The number of aryl methyl sites for hydroxylation is 2. The third kappa shape index (κ3) is 2.41. The maximum Gasteiger partial charge on any atom is 0.0682 e. The minimum absolute atomic E-state index is 0.100. The zero-order valence-corrected chi connectivity index (χ0v) is 11.3. The van der Waals surface area contributed by atoms with Gasteiger partial charge in [-0.2, -0.15) is 5.10 Å². The topological polar surface area (TPSA) is 17.8 Å². The maximum atomic E-state index is 4.67. The van der Waals surface area contributed by atoms with Crippen molar-refractivity contribution < 1.29 is 0 Å². The van der Waals surface area contributed by atoms with Crippen molar-refractivity contribution in [2.45, 2.75) is 40.0 Å². The Morgan fingerprint density at radius 1 is 1.06 bits per heavy atom. The predicted octanol–water partition coefficient (Wildman–Crippen LogP) is 3.79. The molecule has 0 atom stereocenters. The molecule has 0 saturated carbocycles. The molecular formula is C15H20N2. The van der Waals surface area contributed by atoms with Gasteiger partial charge in [-0.15, -0.1) is 0 Å². The minimum Gasteiger partial charge on any atom is -0.240 e. The summed E-state index contributed by atoms with van der Waals surface area (Å²) in [6.45, 7) is 10.8. The van der Waals surface area contributed by atoms with Crippen LogP contribution in [0.1, 0.15) is 37.6 Å². The van der Waals surface area contributed by atoms with Crippen LogP contribution in [0.2, 0.25) is 0 Å². The number of benzene rings is 1. The van der Waals surface area contributed by atoms with E-state index in [1.54, 1.807) is 0 Å². The van der Waals surface area contributed by atoms with Gasteiger partial charge in [0.25, 0.3) is 0 Å². The van der Waals surface area contributed by atoms with E-state index in [0.29, 0.717) is 0 Å². The highest BCUT2D eigenvalue weighted by atomic mass is 15.3. The summed E-state index contributed by atoms with van der Waals surface area (Å²) in [5.74, 6) is 0. The van der Waals surface area contributed by atoms with Gasteiger partial charge in [-0.1, -0.05) is 32.9 Å². The molecule has 90 valence electrons. The fourth-order valence-corrected chi connectivity index (χ4v) is 1.82. The van der Waals surface area contributed by atoms with Gasteiger partial charge in [0, 0.05) is 11.6 Å². The monoisotopic (exact) mass is 228 g/mol. The lowest BCUT2D eigenvalue weighted by molar-refractivity contribution is 0.560. The van der Waals surface area contributed by atoms with Gasteiger partial charge in [0.2, 0.25) is 0 Å². The minimum atomic E-state index is 0.100. The molecule has 1 heterocycles. The van der Waals surface area contributed by atoms with E-state index >= 15 is 0 Å². The van der Waals surface area contributed by atoms with Crippen LogP contribution in [-0.4, -0.2) is 9.78 Å². The van der Waals surface area contributed by atoms with Crippen LogP contribution in [0.3, 0.4) is 0 Å². The van der Waals surface area contributed by atoms with Crippen LogP contribution < -0.4 is 0 Å². The first kappa shape index (κ1) is 11.9. The van der Waals surface area contributed by atoms with Crippen molar-refractivity contribution in [3.05, 3.63) is 47.3 Å². The highest BCUT2D eigenvalue weighted by molar-refractivity contribution is 5.42. The molecule has 0 aliphatic rings. The third-order valence-corrected chi connectivity index (χ3v) is 2.97. The molecule has 0 amide bonds. The van der Waals surface area contributed by atoms with Gasteiger partial charge < -0.3 is 0 Å². The van der Waals surface area contributed by atoms with Crippen molar-refractivity contribution in [1.82, 2.24) is 9.78 Å². The van der Waals surface area contributed by atoms with Crippen LogP contribution in [0.4, 0.5) is 0 Å². The Hall–Kier alpha value is -1.57. The Bertz CT molecular complexity index is 530. The van der Waals surface area contributed by atoms with Gasteiger partial charge in [0.05, 0.1) is 11.4 Å². The Labute approximate surface area is 103 Å². The molecular weight excluding hydrogens is 208 g/mol. The molecule has 2 rings (SSSR count). The Morgan fingerprint density at radius 2 is 1.76 bits per heavy atom. The third-order valence-electron chi connectivity index (χ3n) is 2.97. The van der Waals surface area contributed by atoms with Crippen molar-refractivity contribution in [3.8, 4) is 5.69 Å². The van der Waals surface area contributed by atoms with E-state index in [9.17, 15) is 0 Å². The fourth-order valence-electron chi connectivity index (χ4n) is 1.82. The second kappa shape index (κ2) is 4.02. The molecule has 0 fully saturated rings. The molecule has 2 aromatic rings. The first-order valence-corrected chi connectivity index (χ1v) is 6.02. The van der Waals surface area contributed by atoms with Crippen LogP contribution in [0.25, 0.3) is 5.69 Å². The summed E-state index contributed by atoms with van der Waals surface area (Å²) in [6.07, 6.45) is 2.04. The van der Waals surface area contributed by atoms with Gasteiger partial charge in [0.15, 0.2) is 0 Å². The SMILES string of the molecule is Cc1ccc(C)c(-n2ccc(C(C)(C)C)n2)c1. The summed E-state index contributed by atoms with van der Waals surface area (Å²) >= 11 is 0. The number of aromatic nitrogens is 2. The summed E-state index contributed by atoms with van der Waals surface area (Å²) in [4.78, 5) is 0. The van der Waals surface area contributed by atoms with Crippen LogP contribution >= 0.6 is 0 Å². The van der Waals surface area contributed by atoms with E-state index in [0.717, 1.165) is 5.69 Å². The normalized spacial score (nSPS) is 11.8. The molecule has 0 spiro atoms. The smallest absolute Gasteiger partial charge is 0.0682 e. The van der Waals surface area contributed by atoms with Crippen LogP contribution in [0.15, 0.2) is 30.5 Å². The molecule has 17 heavy (non-hydrogen) atoms. The summed E-state index contributed by atoms with van der Waals surface area (Å²) in [6, 6.07) is 8.55. The van der Waals surface area contributed by atoms with Gasteiger partial charge in [0.1, 0.15) is 0 Å². The zero-order valence-electron chi connectivity index (χ0n) is 11.3. The summed E-state index contributed by atoms with van der Waals surface area (Å²) in [5, 5.41) is 4.67. The lowest BCUT2D eigenvalue weighted by Gasteiger charge is -2.14. The molecule has 2 nitrogen and oxygen atoms in total. The second-order valence-electron chi connectivity index (χ2n) is 5.69. The van der Waals surface area contributed by atoms with Crippen LogP contribution in [0.5, 0.6) is 0 Å². The average Bonchev–Trinajstić information content (AvgIpc) is 2.70. The van der Waals surface area contributed by atoms with E-state index in [1.807, 2.05) is 10.9 Å². The number of nitrogens with zero attached hydrogens (tertiary/aromatic N) is 2. The van der Waals surface area contributed by atoms with Crippen molar-refractivity contribution in [2.24, 2.45) is 0 Å². The molecule has 0 N–H and O–H groups in total. The highest BCUT2D eigenvalue weighted by Crippen LogP contribution is 2.22. The largest absolute Gasteiger partial charge is 0.240 e. The van der Waals surface area contributed by atoms with Crippen molar-refractivity contribution in [2.75, 3.05) is 0 Å². The molecule has 1 aromatic heterocycles. The van der Waals surface area contributed by atoms with E-state index in [-0.39, 0.29) is 5.41 Å². The predicted molar refractivity (Wildman–Crippen MR) is 71.7 cm³/mol. The quantitative estimate of drug-likeness (QED) is 0.726. The Kier molecular flexibility index (Phi) is 2.82. The number of hydrogen-bond acceptors (Lipinski definition) is 1. The van der Waals surface area contributed by atoms with Crippen molar-refractivity contribution >= 4 is 0 Å². The van der Waals surface area contributed by atoms with E-state index < -0.39 is 0 Å². The Morgan fingerprint density at radius 3 is 2.35 bits per heavy atom. The number of rotatable bonds is 1. The molecule has 2 heteroatoms. The fraction of sp³-hybridized carbons (Fsp3) is 0.400. The average molecular weight is 228 g/mol. The van der Waals surface area contributed by atoms with Crippen LogP contribution in [-0.2, 0) is 5.41 Å². The van der Waals surface area contributed by atoms with Gasteiger partial charge in [-0.05, 0) is 37.1 Å². The summed E-state index contributed by atoms with van der Waals surface area (Å²) < 4.78 is 1.98. The van der Waals surface area contributed by atoms with E-state index in [4.69, 9.17) is 0 Å². The van der Waals surface area contributed by atoms with Gasteiger partial charge in [-0.25, -0.2) is 4.68 Å². The zero-order chi connectivity index (χ0) is 12.6. The first-order valence-electron chi connectivity index (χ1n) is 6.02. The first-order chi connectivity index (χ1) is 7.88. The molecule has 0 aliphatic carbocycles. The lowest BCUT2D eigenvalue weighted by atomic mass is 9.93. The Balaban J connectivity index is 2.47. The molecule has 0 saturated heterocycles.